The molecule has 1 fully saturated rings. The summed E-state index contributed by atoms with van der Waals surface area (Å²) in [5.41, 5.74) is -0.229. The van der Waals surface area contributed by atoms with Gasteiger partial charge in [-0.3, -0.25) is 14.9 Å². The molecule has 0 aliphatic heterocycles. The number of carbonyl (C=O) groups excluding carboxylic acids is 1. The van der Waals surface area contributed by atoms with Crippen LogP contribution in [-0.2, 0) is 0 Å². The number of anilines is 1. The Kier molecular flexibility index (Phi) is 4.49. The molecule has 1 amide bonds. The van der Waals surface area contributed by atoms with Gasteiger partial charge in [0.15, 0.2) is 0 Å². The van der Waals surface area contributed by atoms with Crippen molar-refractivity contribution in [3.05, 3.63) is 27.9 Å². The quantitative estimate of drug-likeness (QED) is 0.612. The van der Waals surface area contributed by atoms with E-state index in [2.05, 4.69) is 15.6 Å². The average molecular weight is 278 g/mol. The Balaban J connectivity index is 2.03. The van der Waals surface area contributed by atoms with Crippen LogP contribution in [0.25, 0.3) is 0 Å². The Labute approximate surface area is 116 Å². The minimum atomic E-state index is -0.590. The van der Waals surface area contributed by atoms with Crippen LogP contribution < -0.4 is 10.6 Å². The summed E-state index contributed by atoms with van der Waals surface area (Å²) >= 11 is 0. The maximum absolute atomic E-state index is 12.1. The number of amides is 1. The fraction of sp³-hybridized carbons (Fsp3) is 0.538. The molecule has 1 heterocycles. The number of hydrogen-bond acceptors (Lipinski definition) is 5. The maximum Gasteiger partial charge on any atom is 0.300 e. The first kappa shape index (κ1) is 14.2. The van der Waals surface area contributed by atoms with Crippen LogP contribution >= 0.6 is 0 Å². The molecular formula is C13H18N4O3. The van der Waals surface area contributed by atoms with Gasteiger partial charge in [-0.15, -0.1) is 0 Å². The van der Waals surface area contributed by atoms with Gasteiger partial charge in [-0.2, -0.15) is 0 Å². The largest absolute Gasteiger partial charge is 0.373 e. The molecule has 0 atom stereocenters. The van der Waals surface area contributed by atoms with Crippen LogP contribution in [0.5, 0.6) is 0 Å². The van der Waals surface area contributed by atoms with E-state index < -0.39 is 10.8 Å². The highest BCUT2D eigenvalue weighted by molar-refractivity contribution is 5.98. The molecule has 108 valence electrons. The van der Waals surface area contributed by atoms with E-state index in [9.17, 15) is 14.9 Å². The highest BCUT2D eigenvalue weighted by Gasteiger charge is 2.22. The molecule has 2 rings (SSSR count). The molecular weight excluding hydrogens is 260 g/mol. The second-order valence-corrected chi connectivity index (χ2v) is 4.94. The monoisotopic (exact) mass is 278 g/mol. The number of rotatable bonds is 6. The molecule has 2 N–H and O–H groups in total. The summed E-state index contributed by atoms with van der Waals surface area (Å²) in [6.07, 6.45) is 5.74. The summed E-state index contributed by atoms with van der Waals surface area (Å²) in [7, 11) is 1.65. The lowest BCUT2D eigenvalue weighted by atomic mass is 9.83. The zero-order chi connectivity index (χ0) is 14.5. The van der Waals surface area contributed by atoms with Gasteiger partial charge in [0.2, 0.25) is 0 Å². The highest BCUT2D eigenvalue weighted by Crippen LogP contribution is 2.28. The molecule has 7 heteroatoms. The topological polar surface area (TPSA) is 97.2 Å². The van der Waals surface area contributed by atoms with Crippen molar-refractivity contribution in [1.29, 1.82) is 0 Å². The van der Waals surface area contributed by atoms with Crippen LogP contribution in [0, 0.1) is 16.0 Å². The third-order valence-corrected chi connectivity index (χ3v) is 3.64. The molecule has 1 aliphatic rings. The first-order valence-corrected chi connectivity index (χ1v) is 6.72. The number of nitrogens with one attached hydrogen (secondary N) is 2. The molecule has 7 nitrogen and oxygen atoms in total. The fourth-order valence-corrected chi connectivity index (χ4v) is 2.18. The van der Waals surface area contributed by atoms with Crippen molar-refractivity contribution in [2.45, 2.75) is 25.7 Å². The number of nitrogens with zero attached hydrogens (tertiary/aromatic N) is 2. The lowest BCUT2D eigenvalue weighted by molar-refractivity contribution is -0.385. The summed E-state index contributed by atoms with van der Waals surface area (Å²) in [5.74, 6) is 0.699. The lowest BCUT2D eigenvalue weighted by Gasteiger charge is -2.25. The predicted molar refractivity (Wildman–Crippen MR) is 74.7 cm³/mol. The first-order valence-electron chi connectivity index (χ1n) is 6.72. The number of nitro groups is 1. The normalized spacial score (nSPS) is 14.4. The molecule has 0 unspecified atom stereocenters. The van der Waals surface area contributed by atoms with Crippen molar-refractivity contribution in [3.8, 4) is 0 Å². The Hall–Kier alpha value is -2.18. The van der Waals surface area contributed by atoms with Gasteiger partial charge in [0.05, 0.1) is 4.92 Å². The Morgan fingerprint density at radius 1 is 1.55 bits per heavy atom. The van der Waals surface area contributed by atoms with E-state index in [0.717, 1.165) is 12.6 Å². The van der Waals surface area contributed by atoms with E-state index in [-0.39, 0.29) is 11.3 Å². The van der Waals surface area contributed by atoms with E-state index in [0.29, 0.717) is 18.3 Å². The number of aromatic nitrogens is 1. The fourth-order valence-electron chi connectivity index (χ4n) is 2.18. The van der Waals surface area contributed by atoms with Gasteiger partial charge in [-0.05, 0) is 12.3 Å². The Morgan fingerprint density at radius 3 is 2.85 bits per heavy atom. The molecule has 0 radical (unpaired) electrons. The SMILES string of the molecule is CNc1cc(C(=O)NCCC2CCC2)c([N+](=O)[O-])cn1. The average Bonchev–Trinajstić information content (AvgIpc) is 2.40. The number of hydrogen-bond donors (Lipinski definition) is 2. The van der Waals surface area contributed by atoms with Gasteiger partial charge in [-0.25, -0.2) is 4.98 Å². The molecule has 0 spiro atoms. The van der Waals surface area contributed by atoms with E-state index in [1.165, 1.54) is 25.3 Å². The minimum absolute atomic E-state index is 0.0444. The second-order valence-electron chi connectivity index (χ2n) is 4.94. The molecule has 0 saturated heterocycles. The van der Waals surface area contributed by atoms with E-state index in [1.807, 2.05) is 0 Å². The van der Waals surface area contributed by atoms with Crippen molar-refractivity contribution in [1.82, 2.24) is 10.3 Å². The summed E-state index contributed by atoms with van der Waals surface area (Å²) in [6.45, 7) is 0.553. The third-order valence-electron chi connectivity index (χ3n) is 3.64. The zero-order valence-corrected chi connectivity index (χ0v) is 11.4. The Bertz CT molecular complexity index is 514. The Morgan fingerprint density at radius 2 is 2.30 bits per heavy atom. The molecule has 1 saturated carbocycles. The van der Waals surface area contributed by atoms with Crippen LogP contribution in [0.1, 0.15) is 36.0 Å². The van der Waals surface area contributed by atoms with E-state index in [4.69, 9.17) is 0 Å². The highest BCUT2D eigenvalue weighted by atomic mass is 16.6. The van der Waals surface area contributed by atoms with Crippen molar-refractivity contribution in [2.24, 2.45) is 5.92 Å². The van der Waals surface area contributed by atoms with Gasteiger partial charge in [0, 0.05) is 19.7 Å². The zero-order valence-electron chi connectivity index (χ0n) is 11.4. The van der Waals surface area contributed by atoms with Crippen LogP contribution in [0.4, 0.5) is 11.5 Å². The lowest BCUT2D eigenvalue weighted by Crippen LogP contribution is -2.28. The maximum atomic E-state index is 12.1. The van der Waals surface area contributed by atoms with Gasteiger partial charge in [0.1, 0.15) is 17.6 Å². The molecule has 1 aromatic heterocycles. The second kappa shape index (κ2) is 6.31. The molecule has 0 aromatic carbocycles. The van der Waals surface area contributed by atoms with E-state index >= 15 is 0 Å². The third kappa shape index (κ3) is 3.23. The van der Waals surface area contributed by atoms with Crippen molar-refractivity contribution >= 4 is 17.4 Å². The summed E-state index contributed by atoms with van der Waals surface area (Å²) < 4.78 is 0. The minimum Gasteiger partial charge on any atom is -0.373 e. The van der Waals surface area contributed by atoms with Crippen LogP contribution in [-0.4, -0.2) is 29.4 Å². The smallest absolute Gasteiger partial charge is 0.300 e. The van der Waals surface area contributed by atoms with Crippen LogP contribution in [0.3, 0.4) is 0 Å². The van der Waals surface area contributed by atoms with Gasteiger partial charge < -0.3 is 10.6 Å². The van der Waals surface area contributed by atoms with E-state index in [1.54, 1.807) is 7.05 Å². The van der Waals surface area contributed by atoms with Crippen LogP contribution in [0.15, 0.2) is 12.3 Å². The first-order chi connectivity index (χ1) is 9.61. The molecule has 20 heavy (non-hydrogen) atoms. The summed E-state index contributed by atoms with van der Waals surface area (Å²) in [6, 6.07) is 1.40. The molecule has 0 bridgehead atoms. The van der Waals surface area contributed by atoms with Crippen molar-refractivity contribution in [3.63, 3.8) is 0 Å². The molecule has 1 aromatic rings. The van der Waals surface area contributed by atoms with Gasteiger partial charge in [0.25, 0.3) is 11.6 Å². The molecule has 1 aliphatic carbocycles. The number of carbonyl (C=O) groups is 1. The van der Waals surface area contributed by atoms with Crippen molar-refractivity contribution < 1.29 is 9.72 Å². The summed E-state index contributed by atoms with van der Waals surface area (Å²) in [5, 5.41) is 16.4. The number of pyridine rings is 1. The van der Waals surface area contributed by atoms with Gasteiger partial charge >= 0.3 is 0 Å². The van der Waals surface area contributed by atoms with Crippen LogP contribution in [0.2, 0.25) is 0 Å². The predicted octanol–water partition coefficient (Wildman–Crippen LogP) is 1.95. The van der Waals surface area contributed by atoms with Gasteiger partial charge in [-0.1, -0.05) is 19.3 Å². The standard InChI is InChI=1S/C13H18N4O3/c1-14-12-7-10(11(8-16-12)17(19)20)13(18)15-6-5-9-3-2-4-9/h7-9H,2-6H2,1H3,(H,14,16)(H,15,18). The summed E-state index contributed by atoms with van der Waals surface area (Å²) in [4.78, 5) is 26.3. The van der Waals surface area contributed by atoms with Crippen molar-refractivity contribution in [2.75, 3.05) is 18.9 Å².